The van der Waals surface area contributed by atoms with Crippen LogP contribution in [0.25, 0.3) is 11.1 Å². The Morgan fingerprint density at radius 3 is 2.56 bits per heavy atom. The van der Waals surface area contributed by atoms with Crippen LogP contribution in [0, 0.1) is 12.7 Å². The molecule has 0 radical (unpaired) electrons. The number of nitrogens with one attached hydrogen (secondary N) is 1. The molecule has 3 atom stereocenters. The van der Waals surface area contributed by atoms with Gasteiger partial charge in [0.1, 0.15) is 24.3 Å². The average molecular weight is 494 g/mol. The van der Waals surface area contributed by atoms with Crippen LogP contribution < -0.4 is 10.2 Å². The van der Waals surface area contributed by atoms with Gasteiger partial charge >= 0.3 is 6.09 Å². The standard InChI is InChI=1S/C27H32FN5O3/c1-16-13-19(7-9-21(16)28)20-8-10-22(30-14-20)17(2)31-25-29-12-11-24(32-25)33-23(15-35-26(33)34)18(3)36-27(4,5)6/h7-14,17-18,23H,15H2,1-6H3,(H,29,31,32)/t17-,18+,23?/m0/s1. The largest absolute Gasteiger partial charge is 0.447 e. The topological polar surface area (TPSA) is 89.5 Å². The quantitative estimate of drug-likeness (QED) is 0.452. The lowest BCUT2D eigenvalue weighted by Crippen LogP contribution is -2.45. The van der Waals surface area contributed by atoms with Gasteiger partial charge in [0.2, 0.25) is 5.95 Å². The van der Waals surface area contributed by atoms with Gasteiger partial charge in [-0.3, -0.25) is 9.88 Å². The second kappa shape index (κ2) is 10.2. The number of carbonyl (C=O) groups excluding carboxylic acids is 1. The summed E-state index contributed by atoms with van der Waals surface area (Å²) in [5, 5.41) is 3.25. The summed E-state index contributed by atoms with van der Waals surface area (Å²) in [7, 11) is 0. The fraction of sp³-hybridized carbons (Fsp3) is 0.407. The zero-order valence-corrected chi connectivity index (χ0v) is 21.4. The number of anilines is 2. The van der Waals surface area contributed by atoms with E-state index in [2.05, 4.69) is 20.3 Å². The molecule has 0 spiro atoms. The molecule has 190 valence electrons. The molecule has 3 aromatic rings. The Bertz CT molecular complexity index is 1230. The molecule has 1 N–H and O–H groups in total. The molecule has 1 amide bonds. The van der Waals surface area contributed by atoms with E-state index in [1.54, 1.807) is 37.5 Å². The molecule has 1 aliphatic heterocycles. The summed E-state index contributed by atoms with van der Waals surface area (Å²) in [6, 6.07) is 10.0. The van der Waals surface area contributed by atoms with Gasteiger partial charge in [-0.15, -0.1) is 0 Å². The minimum atomic E-state index is -0.463. The number of pyridine rings is 1. The van der Waals surface area contributed by atoms with Crippen molar-refractivity contribution in [3.63, 3.8) is 0 Å². The number of hydrogen-bond donors (Lipinski definition) is 1. The number of amides is 1. The first-order valence-corrected chi connectivity index (χ1v) is 12.0. The van der Waals surface area contributed by atoms with E-state index in [1.807, 2.05) is 46.8 Å². The number of aryl methyl sites for hydroxylation is 1. The Kier molecular flexibility index (Phi) is 7.21. The molecule has 1 saturated heterocycles. The predicted molar refractivity (Wildman–Crippen MR) is 136 cm³/mol. The summed E-state index contributed by atoms with van der Waals surface area (Å²) >= 11 is 0. The maximum absolute atomic E-state index is 13.6. The molecule has 36 heavy (non-hydrogen) atoms. The summed E-state index contributed by atoms with van der Waals surface area (Å²) in [5.41, 5.74) is 2.82. The molecule has 9 heteroatoms. The van der Waals surface area contributed by atoms with Crippen molar-refractivity contribution in [2.75, 3.05) is 16.8 Å². The molecule has 4 rings (SSSR count). The van der Waals surface area contributed by atoms with Crippen molar-refractivity contribution >= 4 is 17.9 Å². The lowest BCUT2D eigenvalue weighted by molar-refractivity contribution is -0.0618. The zero-order valence-electron chi connectivity index (χ0n) is 21.4. The van der Waals surface area contributed by atoms with Gasteiger partial charge in [0.25, 0.3) is 0 Å². The lowest BCUT2D eigenvalue weighted by atomic mass is 10.0. The lowest BCUT2D eigenvalue weighted by Gasteiger charge is -2.31. The van der Waals surface area contributed by atoms with Crippen molar-refractivity contribution in [3.05, 3.63) is 65.9 Å². The maximum atomic E-state index is 13.6. The number of benzene rings is 1. The van der Waals surface area contributed by atoms with Gasteiger partial charge in [-0.1, -0.05) is 12.1 Å². The molecule has 3 heterocycles. The van der Waals surface area contributed by atoms with E-state index < -0.39 is 6.09 Å². The van der Waals surface area contributed by atoms with Gasteiger partial charge < -0.3 is 14.8 Å². The summed E-state index contributed by atoms with van der Waals surface area (Å²) in [6.07, 6.45) is 2.64. The molecule has 1 fully saturated rings. The van der Waals surface area contributed by atoms with Crippen molar-refractivity contribution in [2.45, 2.75) is 65.3 Å². The second-order valence-corrected chi connectivity index (χ2v) is 9.99. The third-order valence-electron chi connectivity index (χ3n) is 5.94. The van der Waals surface area contributed by atoms with Crippen molar-refractivity contribution in [3.8, 4) is 11.1 Å². The molecule has 1 unspecified atom stereocenters. The number of ether oxygens (including phenoxy) is 2. The van der Waals surface area contributed by atoms with Crippen LogP contribution in [0.2, 0.25) is 0 Å². The summed E-state index contributed by atoms with van der Waals surface area (Å²) in [5.74, 6) is 0.572. The molecular weight excluding hydrogens is 461 g/mol. The van der Waals surface area contributed by atoms with Gasteiger partial charge in [-0.05, 0) is 76.9 Å². The van der Waals surface area contributed by atoms with Crippen LogP contribution in [0.5, 0.6) is 0 Å². The van der Waals surface area contributed by atoms with Crippen molar-refractivity contribution in [1.29, 1.82) is 0 Å². The Morgan fingerprint density at radius 1 is 1.14 bits per heavy atom. The van der Waals surface area contributed by atoms with Gasteiger partial charge in [0.05, 0.1) is 23.4 Å². The van der Waals surface area contributed by atoms with Crippen LogP contribution in [0.3, 0.4) is 0 Å². The number of carbonyl (C=O) groups is 1. The average Bonchev–Trinajstić information content (AvgIpc) is 3.21. The van der Waals surface area contributed by atoms with Crippen LogP contribution in [-0.2, 0) is 9.47 Å². The first-order chi connectivity index (χ1) is 17.0. The maximum Gasteiger partial charge on any atom is 0.416 e. The molecule has 0 aliphatic carbocycles. The molecular formula is C27H32FN5O3. The molecule has 1 aliphatic rings. The van der Waals surface area contributed by atoms with Crippen LogP contribution in [-0.4, -0.2) is 45.4 Å². The number of hydrogen-bond acceptors (Lipinski definition) is 7. The second-order valence-electron chi connectivity index (χ2n) is 9.99. The Hall–Kier alpha value is -3.59. The Balaban J connectivity index is 1.48. The Morgan fingerprint density at radius 2 is 1.89 bits per heavy atom. The zero-order chi connectivity index (χ0) is 26.0. The van der Waals surface area contributed by atoms with Gasteiger partial charge in [-0.2, -0.15) is 4.98 Å². The van der Waals surface area contributed by atoms with Crippen LogP contribution in [0.4, 0.5) is 21.0 Å². The molecule has 1 aromatic carbocycles. The van der Waals surface area contributed by atoms with Crippen molar-refractivity contribution in [1.82, 2.24) is 15.0 Å². The van der Waals surface area contributed by atoms with E-state index in [1.165, 1.54) is 11.0 Å². The van der Waals surface area contributed by atoms with Crippen molar-refractivity contribution < 1.29 is 18.7 Å². The highest BCUT2D eigenvalue weighted by molar-refractivity contribution is 5.89. The number of halogens is 1. The van der Waals surface area contributed by atoms with E-state index in [0.29, 0.717) is 17.3 Å². The van der Waals surface area contributed by atoms with E-state index in [4.69, 9.17) is 9.47 Å². The van der Waals surface area contributed by atoms with Crippen LogP contribution >= 0.6 is 0 Å². The first-order valence-electron chi connectivity index (χ1n) is 12.0. The highest BCUT2D eigenvalue weighted by atomic mass is 19.1. The normalized spacial score (nSPS) is 17.6. The highest BCUT2D eigenvalue weighted by Gasteiger charge is 2.40. The number of rotatable bonds is 7. The third-order valence-corrected chi connectivity index (χ3v) is 5.94. The number of aromatic nitrogens is 3. The van der Waals surface area contributed by atoms with E-state index >= 15 is 0 Å². The summed E-state index contributed by atoms with van der Waals surface area (Å²) in [4.78, 5) is 27.5. The van der Waals surface area contributed by atoms with Crippen LogP contribution in [0.1, 0.15) is 51.9 Å². The third kappa shape index (κ3) is 5.79. The molecule has 0 bridgehead atoms. The first kappa shape index (κ1) is 25.5. The van der Waals surface area contributed by atoms with Gasteiger partial charge in [-0.25, -0.2) is 14.2 Å². The van der Waals surface area contributed by atoms with Gasteiger partial charge in [0, 0.05) is 18.0 Å². The number of nitrogens with zero attached hydrogens (tertiary/aromatic N) is 4. The summed E-state index contributed by atoms with van der Waals surface area (Å²) in [6.45, 7) is 11.8. The molecule has 2 aromatic heterocycles. The van der Waals surface area contributed by atoms with E-state index in [9.17, 15) is 9.18 Å². The molecule has 8 nitrogen and oxygen atoms in total. The minimum Gasteiger partial charge on any atom is -0.447 e. The smallest absolute Gasteiger partial charge is 0.416 e. The monoisotopic (exact) mass is 493 g/mol. The highest BCUT2D eigenvalue weighted by Crippen LogP contribution is 2.28. The fourth-order valence-electron chi connectivity index (χ4n) is 4.16. The number of cyclic esters (lactones) is 1. The Labute approximate surface area is 210 Å². The fourth-order valence-corrected chi connectivity index (χ4v) is 4.16. The minimum absolute atomic E-state index is 0.200. The van der Waals surface area contributed by atoms with E-state index in [-0.39, 0.29) is 36.2 Å². The summed E-state index contributed by atoms with van der Waals surface area (Å²) < 4.78 is 25.0. The van der Waals surface area contributed by atoms with Gasteiger partial charge in [0.15, 0.2) is 0 Å². The van der Waals surface area contributed by atoms with Crippen molar-refractivity contribution in [2.24, 2.45) is 0 Å². The molecule has 0 saturated carbocycles. The van der Waals surface area contributed by atoms with Crippen LogP contribution in [0.15, 0.2) is 48.8 Å². The predicted octanol–water partition coefficient (Wildman–Crippen LogP) is 5.69. The SMILES string of the molecule is Cc1cc(-c2ccc([C@H](C)Nc3nccc(N4C(=O)OCC4[C@@H](C)OC(C)(C)C)n3)nc2)ccc1F. The van der Waals surface area contributed by atoms with E-state index in [0.717, 1.165) is 16.8 Å².